The van der Waals surface area contributed by atoms with Crippen LogP contribution in [0.5, 0.6) is 0 Å². The first-order valence-electron chi connectivity index (χ1n) is 8.32. The molecule has 0 spiro atoms. The largest absolute Gasteiger partial charge is 0.438 e. The van der Waals surface area contributed by atoms with Crippen molar-refractivity contribution in [3.05, 3.63) is 59.7 Å². The molecular weight excluding hydrogens is 336 g/mol. The Morgan fingerprint density at radius 3 is 2.38 bits per heavy atom. The van der Waals surface area contributed by atoms with Gasteiger partial charge in [-0.25, -0.2) is 19.4 Å². The van der Waals surface area contributed by atoms with E-state index in [1.165, 1.54) is 6.92 Å². The molecule has 1 aromatic carbocycles. The molecule has 3 aliphatic heterocycles. The number of nitrogens with zero attached hydrogens (tertiary/aromatic N) is 2. The van der Waals surface area contributed by atoms with Gasteiger partial charge in [0.1, 0.15) is 0 Å². The highest BCUT2D eigenvalue weighted by Gasteiger charge is 2.96. The Morgan fingerprint density at radius 2 is 1.77 bits per heavy atom. The summed E-state index contributed by atoms with van der Waals surface area (Å²) in [6.45, 7) is 11.0. The van der Waals surface area contributed by atoms with E-state index < -0.39 is 29.7 Å². The van der Waals surface area contributed by atoms with Gasteiger partial charge in [0.15, 0.2) is 0 Å². The zero-order chi connectivity index (χ0) is 18.9. The normalized spacial score (nSPS) is 33.7. The molecule has 2 fully saturated rings. The first-order chi connectivity index (χ1) is 12.2. The van der Waals surface area contributed by atoms with Gasteiger partial charge < -0.3 is 14.6 Å². The maximum Gasteiger partial charge on any atom is 0.336 e. The van der Waals surface area contributed by atoms with E-state index in [1.807, 2.05) is 24.3 Å². The fourth-order valence-electron chi connectivity index (χ4n) is 3.73. The lowest BCUT2D eigenvalue weighted by Crippen LogP contribution is -2.69. The maximum absolute atomic E-state index is 12.2. The molecule has 4 rings (SSSR count). The van der Waals surface area contributed by atoms with Crippen LogP contribution in [0.4, 0.5) is 0 Å². The number of aliphatic hydroxyl groups is 1. The van der Waals surface area contributed by atoms with Crippen LogP contribution in [0.25, 0.3) is 0 Å². The van der Waals surface area contributed by atoms with Crippen molar-refractivity contribution in [1.29, 1.82) is 0 Å². The standard InChI is InChI=1S/C19H20N2O5/c1-11(2)15(22)25-17-18(24)19(26-16(23)12(3)4)20(17)9-13-6-5-7-14(8-13)10-21(18)19/h5-8,17,24H,1,3,9-10H2,2,4H3. The lowest BCUT2D eigenvalue weighted by Gasteiger charge is -2.46. The van der Waals surface area contributed by atoms with Gasteiger partial charge in [-0.1, -0.05) is 37.4 Å². The Kier molecular flexibility index (Phi) is 3.43. The number of ether oxygens (including phenoxy) is 2. The number of esters is 2. The van der Waals surface area contributed by atoms with Crippen molar-refractivity contribution in [2.45, 2.75) is 44.7 Å². The van der Waals surface area contributed by atoms with Gasteiger partial charge in [0.2, 0.25) is 12.0 Å². The molecule has 7 heteroatoms. The summed E-state index contributed by atoms with van der Waals surface area (Å²) in [6.07, 6.45) is -0.959. The Labute approximate surface area is 151 Å². The molecule has 1 aromatic rings. The molecule has 3 heterocycles. The quantitative estimate of drug-likeness (QED) is 0.494. The number of carbonyl (C=O) groups excluding carboxylic acids is 2. The number of rotatable bonds is 4. The van der Waals surface area contributed by atoms with E-state index in [-0.39, 0.29) is 11.1 Å². The Bertz CT molecular complexity index is 865. The summed E-state index contributed by atoms with van der Waals surface area (Å²) >= 11 is 0. The molecular formula is C19H20N2O5. The van der Waals surface area contributed by atoms with E-state index in [0.29, 0.717) is 13.1 Å². The summed E-state index contributed by atoms with van der Waals surface area (Å²) in [7, 11) is 0. The molecule has 2 saturated heterocycles. The van der Waals surface area contributed by atoms with E-state index in [1.54, 1.807) is 16.7 Å². The second-order valence-corrected chi connectivity index (χ2v) is 7.08. The molecule has 0 aliphatic carbocycles. The monoisotopic (exact) mass is 356 g/mol. The lowest BCUT2D eigenvalue weighted by atomic mass is 10.0. The van der Waals surface area contributed by atoms with Crippen molar-refractivity contribution in [3.8, 4) is 0 Å². The molecule has 3 aliphatic rings. The van der Waals surface area contributed by atoms with Crippen molar-refractivity contribution < 1.29 is 24.2 Å². The lowest BCUT2D eigenvalue weighted by molar-refractivity contribution is -0.293. The first-order valence-corrected chi connectivity index (χ1v) is 8.32. The third kappa shape index (κ3) is 1.99. The molecule has 7 nitrogen and oxygen atoms in total. The van der Waals surface area contributed by atoms with E-state index in [4.69, 9.17) is 9.47 Å². The number of fused-ring (bicyclic) bond motifs is 3. The van der Waals surface area contributed by atoms with Crippen LogP contribution in [0, 0.1) is 0 Å². The van der Waals surface area contributed by atoms with Crippen LogP contribution in [-0.4, -0.2) is 44.6 Å². The zero-order valence-electron chi connectivity index (χ0n) is 14.7. The molecule has 2 bridgehead atoms. The highest BCUT2D eigenvalue weighted by atomic mass is 16.7. The van der Waals surface area contributed by atoms with Crippen molar-refractivity contribution in [2.24, 2.45) is 0 Å². The second-order valence-electron chi connectivity index (χ2n) is 7.08. The fraction of sp³-hybridized carbons (Fsp3) is 0.368. The molecule has 1 N–H and O–H groups in total. The SMILES string of the molecule is C=C(C)C(=O)OC1N2Cc3cccc(c3)CN3C1(O)C23OC(=O)C(=C)C. The van der Waals surface area contributed by atoms with Gasteiger partial charge in [-0.15, -0.1) is 0 Å². The minimum Gasteiger partial charge on any atom is -0.438 e. The highest BCUT2D eigenvalue weighted by Crippen LogP contribution is 2.67. The van der Waals surface area contributed by atoms with Gasteiger partial charge in [0.25, 0.3) is 5.85 Å². The van der Waals surface area contributed by atoms with Crippen LogP contribution in [0.2, 0.25) is 0 Å². The van der Waals surface area contributed by atoms with Crippen LogP contribution in [0.15, 0.2) is 48.6 Å². The van der Waals surface area contributed by atoms with Gasteiger partial charge in [-0.2, -0.15) is 0 Å². The van der Waals surface area contributed by atoms with Crippen LogP contribution in [-0.2, 0) is 32.2 Å². The summed E-state index contributed by atoms with van der Waals surface area (Å²) in [4.78, 5) is 27.5. The Balaban J connectivity index is 1.72. The summed E-state index contributed by atoms with van der Waals surface area (Å²) in [5, 5.41) is 11.2. The van der Waals surface area contributed by atoms with Gasteiger partial charge in [0, 0.05) is 24.2 Å². The molecule has 0 saturated carbocycles. The van der Waals surface area contributed by atoms with Crippen LogP contribution < -0.4 is 0 Å². The molecule has 136 valence electrons. The average molecular weight is 356 g/mol. The zero-order valence-corrected chi connectivity index (χ0v) is 14.7. The first kappa shape index (κ1) is 17.0. The maximum atomic E-state index is 12.2. The van der Waals surface area contributed by atoms with Crippen LogP contribution >= 0.6 is 0 Å². The van der Waals surface area contributed by atoms with Crippen LogP contribution in [0.1, 0.15) is 25.0 Å². The van der Waals surface area contributed by atoms with Crippen molar-refractivity contribution in [2.75, 3.05) is 0 Å². The van der Waals surface area contributed by atoms with E-state index >= 15 is 0 Å². The third-order valence-electron chi connectivity index (χ3n) is 5.06. The minimum atomic E-state index is -1.60. The third-order valence-corrected chi connectivity index (χ3v) is 5.06. The molecule has 0 aromatic heterocycles. The van der Waals surface area contributed by atoms with E-state index in [9.17, 15) is 14.7 Å². The predicted molar refractivity (Wildman–Crippen MR) is 90.8 cm³/mol. The van der Waals surface area contributed by atoms with Gasteiger partial charge >= 0.3 is 11.9 Å². The topological polar surface area (TPSA) is 79.1 Å². The van der Waals surface area contributed by atoms with Gasteiger partial charge in [0.05, 0.1) is 0 Å². The Hall–Kier alpha value is -2.48. The second kappa shape index (κ2) is 5.26. The number of benzene rings is 1. The molecule has 0 amide bonds. The Morgan fingerprint density at radius 1 is 1.15 bits per heavy atom. The van der Waals surface area contributed by atoms with Crippen molar-refractivity contribution in [1.82, 2.24) is 9.80 Å². The summed E-state index contributed by atoms with van der Waals surface area (Å²) in [6, 6.07) is 7.81. The highest BCUT2D eigenvalue weighted by molar-refractivity contribution is 5.88. The summed E-state index contributed by atoms with van der Waals surface area (Å²) < 4.78 is 11.1. The fourth-order valence-corrected chi connectivity index (χ4v) is 3.73. The number of carbonyl (C=O) groups is 2. The average Bonchev–Trinajstić information content (AvgIpc) is 3.01. The van der Waals surface area contributed by atoms with Gasteiger partial charge in [-0.3, -0.25) is 0 Å². The minimum absolute atomic E-state index is 0.228. The molecule has 26 heavy (non-hydrogen) atoms. The molecule has 0 radical (unpaired) electrons. The van der Waals surface area contributed by atoms with Crippen LogP contribution in [0.3, 0.4) is 0 Å². The van der Waals surface area contributed by atoms with Crippen molar-refractivity contribution in [3.63, 3.8) is 0 Å². The summed E-state index contributed by atoms with van der Waals surface area (Å²) in [5.41, 5.74) is 0.800. The van der Waals surface area contributed by atoms with Gasteiger partial charge in [-0.05, 0) is 25.0 Å². The van der Waals surface area contributed by atoms with Crippen molar-refractivity contribution >= 4 is 11.9 Å². The smallest absolute Gasteiger partial charge is 0.336 e. The number of hydrogen-bond acceptors (Lipinski definition) is 7. The van der Waals surface area contributed by atoms with E-state index in [2.05, 4.69) is 13.2 Å². The summed E-state index contributed by atoms with van der Waals surface area (Å²) in [5.74, 6) is -2.57. The predicted octanol–water partition coefficient (Wildman–Crippen LogP) is 1.24. The van der Waals surface area contributed by atoms with E-state index in [0.717, 1.165) is 11.1 Å². The molecule has 4 unspecified atom stereocenters. The number of hydrogen-bond donors (Lipinski definition) is 1. The molecule has 4 atom stereocenters.